The Bertz CT molecular complexity index is 640. The monoisotopic (exact) mass is 335 g/mol. The maximum atomic E-state index is 5.89. The van der Waals surface area contributed by atoms with Crippen molar-refractivity contribution in [1.82, 2.24) is 4.90 Å². The van der Waals surface area contributed by atoms with Gasteiger partial charge in [0.15, 0.2) is 0 Å². The van der Waals surface area contributed by atoms with Crippen LogP contribution in [0.25, 0.3) is 12.2 Å². The van der Waals surface area contributed by atoms with Gasteiger partial charge < -0.3 is 9.64 Å². The molecule has 2 aromatic rings. The Morgan fingerprint density at radius 3 is 2.24 bits per heavy atom. The highest BCUT2D eigenvalue weighted by Crippen LogP contribution is 2.17. The van der Waals surface area contributed by atoms with Crippen LogP contribution in [0.3, 0.4) is 0 Å². The summed E-state index contributed by atoms with van der Waals surface area (Å²) in [6, 6.07) is 18.7. The zero-order valence-corrected chi connectivity index (χ0v) is 15.2. The number of nitrogens with zero attached hydrogens (tertiary/aromatic N) is 1. The Balaban J connectivity index is 1.38. The molecule has 2 heteroatoms. The number of piperidine rings is 1. The van der Waals surface area contributed by atoms with Crippen molar-refractivity contribution in [1.29, 1.82) is 0 Å². The molecule has 1 fully saturated rings. The maximum Gasteiger partial charge on any atom is 0.119 e. The number of hydrogen-bond acceptors (Lipinski definition) is 2. The van der Waals surface area contributed by atoms with Gasteiger partial charge in [0.05, 0.1) is 6.61 Å². The second-order valence-corrected chi connectivity index (χ2v) is 7.04. The van der Waals surface area contributed by atoms with Gasteiger partial charge in [-0.05, 0) is 61.5 Å². The van der Waals surface area contributed by atoms with E-state index in [2.05, 4.69) is 72.5 Å². The third-order valence-corrected chi connectivity index (χ3v) is 4.91. The summed E-state index contributed by atoms with van der Waals surface area (Å²) < 4.78 is 5.89. The summed E-state index contributed by atoms with van der Waals surface area (Å²) in [5.41, 5.74) is 2.41. The van der Waals surface area contributed by atoms with Crippen molar-refractivity contribution < 1.29 is 4.74 Å². The highest BCUT2D eigenvalue weighted by atomic mass is 16.5. The Morgan fingerprint density at radius 1 is 0.920 bits per heavy atom. The largest absolute Gasteiger partial charge is 0.494 e. The molecule has 0 bridgehead atoms. The number of hydrogen-bond donors (Lipinski definition) is 0. The standard InChI is InChI=1S/C23H29NO/c1-20-14-17-24(18-15-20)16-5-19-25-23-12-10-22(11-13-23)9-8-21-6-3-2-4-7-21/h2-4,6-13,20H,5,14-19H2,1H3/b9-8+. The molecule has 0 radical (unpaired) electrons. The van der Waals surface area contributed by atoms with Gasteiger partial charge in [0.25, 0.3) is 0 Å². The van der Waals surface area contributed by atoms with Crippen molar-refractivity contribution >= 4 is 12.2 Å². The first-order valence-electron chi connectivity index (χ1n) is 9.48. The number of ether oxygens (including phenoxy) is 1. The summed E-state index contributed by atoms with van der Waals surface area (Å²) in [4.78, 5) is 2.57. The summed E-state index contributed by atoms with van der Waals surface area (Å²) in [6.07, 6.45) is 8.06. The smallest absolute Gasteiger partial charge is 0.119 e. The maximum absolute atomic E-state index is 5.89. The van der Waals surface area contributed by atoms with E-state index >= 15 is 0 Å². The van der Waals surface area contributed by atoms with Gasteiger partial charge in [0, 0.05) is 6.54 Å². The molecule has 3 rings (SSSR count). The van der Waals surface area contributed by atoms with Crippen LogP contribution in [-0.2, 0) is 0 Å². The van der Waals surface area contributed by atoms with Crippen LogP contribution in [0.4, 0.5) is 0 Å². The molecule has 1 aliphatic rings. The van der Waals surface area contributed by atoms with E-state index in [1.165, 1.54) is 37.1 Å². The topological polar surface area (TPSA) is 12.5 Å². The normalized spacial score (nSPS) is 16.4. The number of likely N-dealkylation sites (tertiary alicyclic amines) is 1. The van der Waals surface area contributed by atoms with Crippen LogP contribution in [0.1, 0.15) is 37.3 Å². The molecule has 2 aromatic carbocycles. The van der Waals surface area contributed by atoms with Crippen molar-refractivity contribution in [2.45, 2.75) is 26.2 Å². The quantitative estimate of drug-likeness (QED) is 0.499. The summed E-state index contributed by atoms with van der Waals surface area (Å²) in [5, 5.41) is 0. The van der Waals surface area contributed by atoms with Crippen molar-refractivity contribution in [3.05, 3.63) is 65.7 Å². The lowest BCUT2D eigenvalue weighted by Gasteiger charge is -2.30. The first-order valence-corrected chi connectivity index (χ1v) is 9.48. The molecule has 0 saturated carbocycles. The summed E-state index contributed by atoms with van der Waals surface area (Å²) in [6.45, 7) is 6.82. The van der Waals surface area contributed by atoms with E-state index in [0.29, 0.717) is 0 Å². The van der Waals surface area contributed by atoms with Gasteiger partial charge in [-0.15, -0.1) is 0 Å². The van der Waals surface area contributed by atoms with E-state index < -0.39 is 0 Å². The molecule has 0 N–H and O–H groups in total. The molecule has 1 aliphatic heterocycles. The second kappa shape index (κ2) is 9.43. The molecule has 0 aromatic heterocycles. The molecular formula is C23H29NO. The molecule has 0 spiro atoms. The summed E-state index contributed by atoms with van der Waals surface area (Å²) in [7, 11) is 0. The Kier molecular flexibility index (Phi) is 6.70. The number of benzene rings is 2. The van der Waals surface area contributed by atoms with E-state index in [1.807, 2.05) is 6.07 Å². The van der Waals surface area contributed by atoms with Crippen molar-refractivity contribution in [2.75, 3.05) is 26.2 Å². The molecule has 0 aliphatic carbocycles. The lowest BCUT2D eigenvalue weighted by Crippen LogP contribution is -2.34. The van der Waals surface area contributed by atoms with Gasteiger partial charge in [-0.25, -0.2) is 0 Å². The molecule has 0 unspecified atom stereocenters. The average molecular weight is 335 g/mol. The zero-order chi connectivity index (χ0) is 17.3. The van der Waals surface area contributed by atoms with Crippen LogP contribution in [-0.4, -0.2) is 31.1 Å². The van der Waals surface area contributed by atoms with Crippen LogP contribution in [0, 0.1) is 5.92 Å². The van der Waals surface area contributed by atoms with Crippen LogP contribution < -0.4 is 4.74 Å². The van der Waals surface area contributed by atoms with Crippen LogP contribution in [0.5, 0.6) is 5.75 Å². The minimum atomic E-state index is 0.797. The summed E-state index contributed by atoms with van der Waals surface area (Å²) in [5.74, 6) is 1.87. The van der Waals surface area contributed by atoms with E-state index in [0.717, 1.165) is 31.2 Å². The van der Waals surface area contributed by atoms with Gasteiger partial charge in [-0.1, -0.05) is 61.5 Å². The van der Waals surface area contributed by atoms with Crippen LogP contribution >= 0.6 is 0 Å². The van der Waals surface area contributed by atoms with Gasteiger partial charge in [0.2, 0.25) is 0 Å². The molecular weight excluding hydrogens is 306 g/mol. The minimum Gasteiger partial charge on any atom is -0.494 e. The predicted molar refractivity (Wildman–Crippen MR) is 107 cm³/mol. The number of rotatable bonds is 7. The Hall–Kier alpha value is -2.06. The molecule has 132 valence electrons. The molecule has 0 amide bonds. The third kappa shape index (κ3) is 6.06. The molecule has 2 nitrogen and oxygen atoms in total. The lowest BCUT2D eigenvalue weighted by atomic mass is 9.99. The fourth-order valence-corrected chi connectivity index (χ4v) is 3.20. The molecule has 25 heavy (non-hydrogen) atoms. The lowest BCUT2D eigenvalue weighted by molar-refractivity contribution is 0.177. The van der Waals surface area contributed by atoms with E-state index in [-0.39, 0.29) is 0 Å². The van der Waals surface area contributed by atoms with E-state index in [4.69, 9.17) is 4.74 Å². The van der Waals surface area contributed by atoms with Gasteiger partial charge >= 0.3 is 0 Å². The second-order valence-electron chi connectivity index (χ2n) is 7.04. The fraction of sp³-hybridized carbons (Fsp3) is 0.391. The van der Waals surface area contributed by atoms with Gasteiger partial charge in [-0.3, -0.25) is 0 Å². The van der Waals surface area contributed by atoms with Crippen molar-refractivity contribution in [3.63, 3.8) is 0 Å². The van der Waals surface area contributed by atoms with Crippen molar-refractivity contribution in [3.8, 4) is 5.75 Å². The Labute approximate surface area is 152 Å². The minimum absolute atomic E-state index is 0.797. The highest BCUT2D eigenvalue weighted by molar-refractivity contribution is 5.69. The zero-order valence-electron chi connectivity index (χ0n) is 15.2. The molecule has 1 heterocycles. The van der Waals surface area contributed by atoms with E-state index in [9.17, 15) is 0 Å². The fourth-order valence-electron chi connectivity index (χ4n) is 3.20. The van der Waals surface area contributed by atoms with E-state index in [1.54, 1.807) is 0 Å². The van der Waals surface area contributed by atoms with Crippen LogP contribution in [0.15, 0.2) is 54.6 Å². The average Bonchev–Trinajstić information content (AvgIpc) is 2.67. The first kappa shape index (κ1) is 17.8. The molecule has 1 saturated heterocycles. The van der Waals surface area contributed by atoms with Gasteiger partial charge in [0.1, 0.15) is 5.75 Å². The van der Waals surface area contributed by atoms with Crippen LogP contribution in [0.2, 0.25) is 0 Å². The van der Waals surface area contributed by atoms with Crippen molar-refractivity contribution in [2.24, 2.45) is 5.92 Å². The van der Waals surface area contributed by atoms with Gasteiger partial charge in [-0.2, -0.15) is 0 Å². The Morgan fingerprint density at radius 2 is 1.56 bits per heavy atom. The summed E-state index contributed by atoms with van der Waals surface area (Å²) >= 11 is 0. The first-order chi connectivity index (χ1) is 12.3. The molecule has 0 atom stereocenters. The predicted octanol–water partition coefficient (Wildman–Crippen LogP) is 5.36. The third-order valence-electron chi connectivity index (χ3n) is 4.91. The highest BCUT2D eigenvalue weighted by Gasteiger charge is 2.14. The SMILES string of the molecule is CC1CCN(CCCOc2ccc(/C=C/c3ccccc3)cc2)CC1.